The molecule has 1 aliphatic carbocycles. The molecule has 0 aromatic heterocycles. The lowest BCUT2D eigenvalue weighted by atomic mass is 9.77. The first-order chi connectivity index (χ1) is 17.7. The largest absolute Gasteiger partial charge is 0.428 e. The van der Waals surface area contributed by atoms with E-state index in [9.17, 15) is 13.2 Å². The summed E-state index contributed by atoms with van der Waals surface area (Å²) in [4.78, 5) is 0. The molecule has 198 valence electrons. The van der Waals surface area contributed by atoms with Crippen LogP contribution in [-0.4, -0.2) is 0 Å². The van der Waals surface area contributed by atoms with Gasteiger partial charge in [-0.3, -0.25) is 0 Å². The molecule has 0 N–H and O–H groups in total. The summed E-state index contributed by atoms with van der Waals surface area (Å²) in [6, 6.07) is 16.9. The molecule has 6 heteroatoms. The van der Waals surface area contributed by atoms with Crippen molar-refractivity contribution in [3.8, 4) is 16.9 Å². The predicted molar refractivity (Wildman–Crippen MR) is 137 cm³/mol. The standard InChI is InChI=1S/C31H33F5O/c1-2-3-4-7-22-10-12-23(13-11-22)24-14-20-27(21-15-24)31(35,36)37-29-9-6-5-8-28(29)25-16-18-26(19-17-25)30(32,33)34/h5-6,8-9,14-23H,2-4,7,10-13H2,1H3/t22-,23-. The van der Waals surface area contributed by atoms with Gasteiger partial charge in [-0.15, -0.1) is 0 Å². The van der Waals surface area contributed by atoms with Crippen LogP contribution < -0.4 is 4.74 Å². The number of hydrogen-bond acceptors (Lipinski definition) is 1. The molecule has 0 atom stereocenters. The molecule has 3 aromatic rings. The normalized spacial score (nSPS) is 18.5. The van der Waals surface area contributed by atoms with E-state index in [0.29, 0.717) is 17.0 Å². The highest BCUT2D eigenvalue weighted by Gasteiger charge is 2.36. The Bertz CT molecular complexity index is 1130. The van der Waals surface area contributed by atoms with Gasteiger partial charge in [-0.2, -0.15) is 22.0 Å². The van der Waals surface area contributed by atoms with Gasteiger partial charge in [0.2, 0.25) is 0 Å². The number of benzene rings is 3. The first-order valence-electron chi connectivity index (χ1n) is 13.1. The maximum atomic E-state index is 15.2. The van der Waals surface area contributed by atoms with Crippen LogP contribution in [0.1, 0.15) is 80.9 Å². The molecule has 0 unspecified atom stereocenters. The Hall–Kier alpha value is -2.89. The third-order valence-electron chi connectivity index (χ3n) is 7.43. The molecule has 1 nitrogen and oxygen atoms in total. The summed E-state index contributed by atoms with van der Waals surface area (Å²) in [5, 5.41) is 0. The lowest BCUT2D eigenvalue weighted by Crippen LogP contribution is -2.22. The Morgan fingerprint density at radius 3 is 1.97 bits per heavy atom. The van der Waals surface area contributed by atoms with Crippen LogP contribution in [0.15, 0.2) is 72.8 Å². The summed E-state index contributed by atoms with van der Waals surface area (Å²) in [7, 11) is 0. The van der Waals surface area contributed by atoms with E-state index in [1.807, 2.05) is 0 Å². The molecule has 3 aromatic carbocycles. The zero-order valence-corrected chi connectivity index (χ0v) is 21.0. The number of alkyl halides is 5. The number of ether oxygens (including phenoxy) is 1. The van der Waals surface area contributed by atoms with E-state index in [1.54, 1.807) is 30.3 Å². The maximum absolute atomic E-state index is 15.2. The second kappa shape index (κ2) is 11.7. The molecule has 0 bridgehead atoms. The molecular formula is C31H33F5O. The minimum atomic E-state index is -4.47. The van der Waals surface area contributed by atoms with E-state index in [0.717, 1.165) is 36.5 Å². The molecule has 0 radical (unpaired) electrons. The summed E-state index contributed by atoms with van der Waals surface area (Å²) in [5.74, 6) is 1.08. The van der Waals surface area contributed by atoms with E-state index >= 15 is 8.78 Å². The van der Waals surface area contributed by atoms with Crippen LogP contribution in [0.3, 0.4) is 0 Å². The van der Waals surface area contributed by atoms with Gasteiger partial charge in [0, 0.05) is 5.56 Å². The summed E-state index contributed by atoms with van der Waals surface area (Å²) >= 11 is 0. The van der Waals surface area contributed by atoms with Crippen molar-refractivity contribution in [3.05, 3.63) is 89.5 Å². The molecule has 0 amide bonds. The van der Waals surface area contributed by atoms with Gasteiger partial charge in [-0.25, -0.2) is 0 Å². The van der Waals surface area contributed by atoms with E-state index in [4.69, 9.17) is 4.74 Å². The number of unbranched alkanes of at least 4 members (excludes halogenated alkanes) is 2. The van der Waals surface area contributed by atoms with Gasteiger partial charge in [-0.1, -0.05) is 75.1 Å². The molecule has 0 spiro atoms. The van der Waals surface area contributed by atoms with Crippen LogP contribution in [0.4, 0.5) is 22.0 Å². The van der Waals surface area contributed by atoms with Gasteiger partial charge in [0.15, 0.2) is 0 Å². The minimum absolute atomic E-state index is 0.0993. The topological polar surface area (TPSA) is 9.23 Å². The van der Waals surface area contributed by atoms with E-state index in [-0.39, 0.29) is 11.3 Å². The first-order valence-corrected chi connectivity index (χ1v) is 13.1. The average molecular weight is 517 g/mol. The lowest BCUT2D eigenvalue weighted by molar-refractivity contribution is -0.185. The molecule has 0 saturated heterocycles. The summed E-state index contributed by atoms with van der Waals surface area (Å²) < 4.78 is 74.2. The van der Waals surface area contributed by atoms with Crippen LogP contribution in [0.25, 0.3) is 11.1 Å². The lowest BCUT2D eigenvalue weighted by Gasteiger charge is -2.29. The van der Waals surface area contributed by atoms with Crippen molar-refractivity contribution >= 4 is 0 Å². The van der Waals surface area contributed by atoms with Crippen molar-refractivity contribution in [1.82, 2.24) is 0 Å². The van der Waals surface area contributed by atoms with Crippen LogP contribution in [0.5, 0.6) is 5.75 Å². The van der Waals surface area contributed by atoms with Gasteiger partial charge in [0.25, 0.3) is 0 Å². The highest BCUT2D eigenvalue weighted by Crippen LogP contribution is 2.41. The molecule has 37 heavy (non-hydrogen) atoms. The zero-order valence-electron chi connectivity index (χ0n) is 21.0. The molecule has 1 saturated carbocycles. The minimum Gasteiger partial charge on any atom is -0.428 e. The summed E-state index contributed by atoms with van der Waals surface area (Å²) in [6.07, 6.45) is 1.58. The molecule has 1 fully saturated rings. The zero-order chi connectivity index (χ0) is 26.5. The second-order valence-electron chi connectivity index (χ2n) is 10.0. The van der Waals surface area contributed by atoms with Crippen LogP contribution in [0.2, 0.25) is 0 Å². The Morgan fingerprint density at radius 2 is 1.35 bits per heavy atom. The van der Waals surface area contributed by atoms with Gasteiger partial charge in [0.1, 0.15) is 5.75 Å². The molecule has 0 heterocycles. The monoisotopic (exact) mass is 516 g/mol. The van der Waals surface area contributed by atoms with Gasteiger partial charge in [-0.05, 0) is 79.0 Å². The molecule has 0 aliphatic heterocycles. The Balaban J connectivity index is 1.43. The Morgan fingerprint density at radius 1 is 0.730 bits per heavy atom. The van der Waals surface area contributed by atoms with E-state index < -0.39 is 17.8 Å². The fraction of sp³-hybridized carbons (Fsp3) is 0.419. The van der Waals surface area contributed by atoms with Crippen molar-refractivity contribution in [2.75, 3.05) is 0 Å². The number of halogens is 5. The number of rotatable bonds is 9. The Kier molecular flexibility index (Phi) is 8.56. The molecule has 4 rings (SSSR count). The Labute approximate surface area is 215 Å². The number of para-hydroxylation sites is 1. The van der Waals surface area contributed by atoms with Gasteiger partial charge < -0.3 is 4.74 Å². The highest BCUT2D eigenvalue weighted by molar-refractivity contribution is 5.70. The molecular weight excluding hydrogens is 483 g/mol. The van der Waals surface area contributed by atoms with Gasteiger partial charge in [0.05, 0.1) is 11.1 Å². The van der Waals surface area contributed by atoms with Crippen molar-refractivity contribution in [2.45, 2.75) is 76.5 Å². The average Bonchev–Trinajstić information content (AvgIpc) is 2.89. The predicted octanol–water partition coefficient (Wildman–Crippen LogP) is 10.4. The highest BCUT2D eigenvalue weighted by atomic mass is 19.4. The third-order valence-corrected chi connectivity index (χ3v) is 7.43. The quantitative estimate of drug-likeness (QED) is 0.203. The fourth-order valence-electron chi connectivity index (χ4n) is 5.25. The van der Waals surface area contributed by atoms with Crippen LogP contribution in [0, 0.1) is 5.92 Å². The fourth-order valence-corrected chi connectivity index (χ4v) is 5.25. The van der Waals surface area contributed by atoms with E-state index in [2.05, 4.69) is 6.92 Å². The number of hydrogen-bond donors (Lipinski definition) is 0. The third kappa shape index (κ3) is 6.91. The van der Waals surface area contributed by atoms with Crippen LogP contribution >= 0.6 is 0 Å². The van der Waals surface area contributed by atoms with Crippen molar-refractivity contribution in [2.24, 2.45) is 5.92 Å². The van der Waals surface area contributed by atoms with Crippen molar-refractivity contribution in [3.63, 3.8) is 0 Å². The van der Waals surface area contributed by atoms with Crippen LogP contribution in [-0.2, 0) is 12.3 Å². The summed E-state index contributed by atoms with van der Waals surface area (Å²) in [6.45, 7) is 2.22. The maximum Gasteiger partial charge on any atom is 0.426 e. The first kappa shape index (κ1) is 27.2. The van der Waals surface area contributed by atoms with Crippen molar-refractivity contribution < 1.29 is 26.7 Å². The summed E-state index contributed by atoms with van der Waals surface area (Å²) in [5.41, 5.74) is 0.678. The van der Waals surface area contributed by atoms with Gasteiger partial charge >= 0.3 is 12.3 Å². The smallest absolute Gasteiger partial charge is 0.426 e. The molecule has 1 aliphatic rings. The van der Waals surface area contributed by atoms with E-state index in [1.165, 1.54) is 68.9 Å². The van der Waals surface area contributed by atoms with Crippen molar-refractivity contribution in [1.29, 1.82) is 0 Å². The SMILES string of the molecule is CCCCC[C@H]1CC[C@H](c2ccc(C(F)(F)Oc3ccccc3-c3ccc(C(F)(F)F)cc3)cc2)CC1. The second-order valence-corrected chi connectivity index (χ2v) is 10.0.